The highest BCUT2D eigenvalue weighted by Gasteiger charge is 2.28. The van der Waals surface area contributed by atoms with Gasteiger partial charge in [-0.05, 0) is 37.5 Å². The second-order valence-electron chi connectivity index (χ2n) is 6.15. The molecule has 1 aromatic rings. The minimum atomic E-state index is -3.22. The molecule has 6 nitrogen and oxygen atoms in total. The zero-order chi connectivity index (χ0) is 17.7. The van der Waals surface area contributed by atoms with E-state index in [1.165, 1.54) is 0 Å². The fraction of sp³-hybridized carbons (Fsp3) is 0.562. The Bertz CT molecular complexity index is 626. The number of hydrogen-bond acceptors (Lipinski definition) is 4. The van der Waals surface area contributed by atoms with Crippen molar-refractivity contribution in [2.24, 2.45) is 11.7 Å². The molecule has 0 aliphatic rings. The molecule has 0 bridgehead atoms. The Labute approximate surface area is 138 Å². The Hall–Kier alpha value is -1.44. The van der Waals surface area contributed by atoms with Crippen molar-refractivity contribution in [1.29, 1.82) is 0 Å². The van der Waals surface area contributed by atoms with Gasteiger partial charge >= 0.3 is 0 Å². The van der Waals surface area contributed by atoms with Crippen molar-refractivity contribution >= 4 is 15.9 Å². The topological polar surface area (TPSA) is 101 Å². The summed E-state index contributed by atoms with van der Waals surface area (Å²) < 4.78 is 25.3. The molecule has 1 amide bonds. The van der Waals surface area contributed by atoms with E-state index >= 15 is 0 Å². The van der Waals surface area contributed by atoms with Crippen LogP contribution in [-0.4, -0.2) is 32.2 Å². The maximum Gasteiger partial charge on any atom is 0.251 e. The minimum absolute atomic E-state index is 0.0420. The first-order valence-corrected chi connectivity index (χ1v) is 9.37. The summed E-state index contributed by atoms with van der Waals surface area (Å²) in [6, 6.07) is 6.84. The van der Waals surface area contributed by atoms with Crippen LogP contribution in [0.2, 0.25) is 0 Å². The van der Waals surface area contributed by atoms with Crippen LogP contribution in [-0.2, 0) is 16.6 Å². The Morgan fingerprint density at radius 2 is 1.83 bits per heavy atom. The fourth-order valence-electron chi connectivity index (χ4n) is 1.83. The van der Waals surface area contributed by atoms with Gasteiger partial charge in [-0.1, -0.05) is 26.0 Å². The summed E-state index contributed by atoms with van der Waals surface area (Å²) in [5, 5.41) is 2.97. The van der Waals surface area contributed by atoms with Gasteiger partial charge in [0, 0.05) is 18.7 Å². The number of nitrogens with one attached hydrogen (secondary N) is 2. The van der Waals surface area contributed by atoms with Crippen LogP contribution < -0.4 is 15.8 Å². The lowest BCUT2D eigenvalue weighted by atomic mass is 9.88. The molecule has 0 aliphatic carbocycles. The fourth-order valence-corrected chi connectivity index (χ4v) is 2.42. The molecule has 0 saturated carbocycles. The largest absolute Gasteiger partial charge is 0.345 e. The van der Waals surface area contributed by atoms with Crippen LogP contribution in [0.1, 0.15) is 43.6 Å². The number of benzene rings is 1. The lowest BCUT2D eigenvalue weighted by Gasteiger charge is -2.33. The SMILES string of the molecule is CCS(=O)(=O)NCc1ccc(C(=O)NC(C)(CN)C(C)C)cc1. The quantitative estimate of drug-likeness (QED) is 0.662. The van der Waals surface area contributed by atoms with E-state index in [1.54, 1.807) is 31.2 Å². The van der Waals surface area contributed by atoms with Gasteiger partial charge in [-0.2, -0.15) is 0 Å². The molecule has 0 saturated heterocycles. The number of carbonyl (C=O) groups excluding carboxylic acids is 1. The van der Waals surface area contributed by atoms with Gasteiger partial charge in [0.15, 0.2) is 0 Å². The number of rotatable bonds is 8. The van der Waals surface area contributed by atoms with E-state index in [2.05, 4.69) is 10.0 Å². The van der Waals surface area contributed by atoms with Gasteiger partial charge in [-0.15, -0.1) is 0 Å². The van der Waals surface area contributed by atoms with Gasteiger partial charge in [0.2, 0.25) is 10.0 Å². The average molecular weight is 341 g/mol. The third-order valence-electron chi connectivity index (χ3n) is 4.19. The van der Waals surface area contributed by atoms with Crippen LogP contribution >= 0.6 is 0 Å². The van der Waals surface area contributed by atoms with Crippen molar-refractivity contribution in [1.82, 2.24) is 10.0 Å². The predicted molar refractivity (Wildman–Crippen MR) is 92.5 cm³/mol. The normalized spacial score (nSPS) is 14.5. The smallest absolute Gasteiger partial charge is 0.251 e. The standard InChI is InChI=1S/C16H27N3O3S/c1-5-23(21,22)18-10-13-6-8-14(9-7-13)15(20)19-16(4,11-17)12(2)3/h6-9,12,18H,5,10-11,17H2,1-4H3,(H,19,20). The molecule has 0 fully saturated rings. The third-order valence-corrected chi connectivity index (χ3v) is 5.53. The average Bonchev–Trinajstić information content (AvgIpc) is 2.53. The van der Waals surface area contributed by atoms with Crippen molar-refractivity contribution in [2.45, 2.75) is 39.8 Å². The van der Waals surface area contributed by atoms with E-state index in [0.29, 0.717) is 12.1 Å². The molecule has 1 unspecified atom stereocenters. The van der Waals surface area contributed by atoms with E-state index in [1.807, 2.05) is 20.8 Å². The zero-order valence-electron chi connectivity index (χ0n) is 14.2. The van der Waals surface area contributed by atoms with Crippen LogP contribution in [0.4, 0.5) is 0 Å². The molecular weight excluding hydrogens is 314 g/mol. The molecule has 0 heterocycles. The Kier molecular flexibility index (Phi) is 6.73. The minimum Gasteiger partial charge on any atom is -0.345 e. The Morgan fingerprint density at radius 1 is 1.26 bits per heavy atom. The number of nitrogens with two attached hydrogens (primary N) is 1. The van der Waals surface area contributed by atoms with Crippen LogP contribution in [0.5, 0.6) is 0 Å². The number of sulfonamides is 1. The van der Waals surface area contributed by atoms with Crippen molar-refractivity contribution < 1.29 is 13.2 Å². The number of amides is 1. The molecule has 1 aromatic carbocycles. The summed E-state index contributed by atoms with van der Waals surface area (Å²) in [7, 11) is -3.22. The molecule has 7 heteroatoms. The Morgan fingerprint density at radius 3 is 2.26 bits per heavy atom. The molecule has 4 N–H and O–H groups in total. The van der Waals surface area contributed by atoms with Gasteiger partial charge in [0.1, 0.15) is 0 Å². The van der Waals surface area contributed by atoms with Crippen LogP contribution in [0.15, 0.2) is 24.3 Å². The number of carbonyl (C=O) groups is 1. The molecular formula is C16H27N3O3S. The molecule has 0 spiro atoms. The van der Waals surface area contributed by atoms with E-state index in [9.17, 15) is 13.2 Å². The van der Waals surface area contributed by atoms with E-state index in [0.717, 1.165) is 5.56 Å². The first kappa shape index (κ1) is 19.6. The lowest BCUT2D eigenvalue weighted by Crippen LogP contribution is -2.55. The van der Waals surface area contributed by atoms with Gasteiger partial charge < -0.3 is 11.1 Å². The molecule has 0 aliphatic heterocycles. The van der Waals surface area contributed by atoms with Gasteiger partial charge in [-0.3, -0.25) is 4.79 Å². The first-order valence-electron chi connectivity index (χ1n) is 7.72. The monoisotopic (exact) mass is 341 g/mol. The van der Waals surface area contributed by atoms with Crippen LogP contribution in [0, 0.1) is 5.92 Å². The van der Waals surface area contributed by atoms with Crippen molar-refractivity contribution in [3.8, 4) is 0 Å². The number of hydrogen-bond donors (Lipinski definition) is 3. The van der Waals surface area contributed by atoms with Crippen LogP contribution in [0.3, 0.4) is 0 Å². The van der Waals surface area contributed by atoms with Crippen molar-refractivity contribution in [3.63, 3.8) is 0 Å². The molecule has 130 valence electrons. The third kappa shape index (κ3) is 5.60. The van der Waals surface area contributed by atoms with Crippen LogP contribution in [0.25, 0.3) is 0 Å². The first-order chi connectivity index (χ1) is 10.6. The molecule has 1 rings (SSSR count). The summed E-state index contributed by atoms with van der Waals surface area (Å²) in [4.78, 5) is 12.3. The van der Waals surface area contributed by atoms with Crippen molar-refractivity contribution in [2.75, 3.05) is 12.3 Å². The summed E-state index contributed by atoms with van der Waals surface area (Å²) in [6.45, 7) is 8.09. The highest BCUT2D eigenvalue weighted by atomic mass is 32.2. The van der Waals surface area contributed by atoms with E-state index < -0.39 is 15.6 Å². The Balaban J connectivity index is 2.75. The van der Waals surface area contributed by atoms with E-state index in [4.69, 9.17) is 5.73 Å². The highest BCUT2D eigenvalue weighted by molar-refractivity contribution is 7.89. The molecule has 23 heavy (non-hydrogen) atoms. The summed E-state index contributed by atoms with van der Waals surface area (Å²) in [6.07, 6.45) is 0. The second kappa shape index (κ2) is 7.90. The maximum absolute atomic E-state index is 12.3. The second-order valence-corrected chi connectivity index (χ2v) is 8.25. The molecule has 0 aromatic heterocycles. The van der Waals surface area contributed by atoms with Gasteiger partial charge in [0.05, 0.1) is 11.3 Å². The van der Waals surface area contributed by atoms with Gasteiger partial charge in [-0.25, -0.2) is 13.1 Å². The predicted octanol–water partition coefficient (Wildman–Crippen LogP) is 1.23. The lowest BCUT2D eigenvalue weighted by molar-refractivity contribution is 0.0883. The molecule has 1 atom stereocenters. The maximum atomic E-state index is 12.3. The van der Waals surface area contributed by atoms with E-state index in [-0.39, 0.29) is 24.1 Å². The summed E-state index contributed by atoms with van der Waals surface area (Å²) in [5.41, 5.74) is 6.62. The summed E-state index contributed by atoms with van der Waals surface area (Å²) >= 11 is 0. The van der Waals surface area contributed by atoms with Crippen molar-refractivity contribution in [3.05, 3.63) is 35.4 Å². The van der Waals surface area contributed by atoms with Gasteiger partial charge in [0.25, 0.3) is 5.91 Å². The zero-order valence-corrected chi connectivity index (χ0v) is 15.0. The molecule has 0 radical (unpaired) electrons. The summed E-state index contributed by atoms with van der Waals surface area (Å²) in [5.74, 6) is 0.0619. The highest BCUT2D eigenvalue weighted by Crippen LogP contribution is 2.16.